The number of epoxide rings is 1. The molecular weight excluding hydrogens is 140 g/mol. The molecule has 0 N–H and O–H groups in total. The van der Waals surface area contributed by atoms with Crippen molar-refractivity contribution in [3.63, 3.8) is 0 Å². The van der Waals surface area contributed by atoms with Crippen LogP contribution >= 0.6 is 0 Å². The fourth-order valence-corrected chi connectivity index (χ4v) is 2.69. The van der Waals surface area contributed by atoms with E-state index in [-0.39, 0.29) is 0 Å². The van der Waals surface area contributed by atoms with Gasteiger partial charge in [-0.15, -0.1) is 0 Å². The van der Waals surface area contributed by atoms with Gasteiger partial charge in [-0.3, -0.25) is 0 Å². The summed E-state index contributed by atoms with van der Waals surface area (Å²) in [7, 11) is 0. The molecule has 0 aromatic heterocycles. The first kappa shape index (κ1) is 6.44. The van der Waals surface area contributed by atoms with Crippen molar-refractivity contribution in [3.8, 4) is 0 Å². The normalized spacial score (nSPS) is 60.3. The lowest BCUT2D eigenvalue weighted by Gasteiger charge is -2.22. The predicted molar refractivity (Wildman–Crippen MR) is 40.3 cm³/mol. The van der Waals surface area contributed by atoms with Crippen molar-refractivity contribution in [2.75, 3.05) is 6.61 Å². The third kappa shape index (κ3) is 0.859. The molecule has 2 saturated heterocycles. The minimum absolute atomic E-state index is 0.491. The zero-order chi connectivity index (χ0) is 7.42. The molecule has 0 aromatic rings. The highest BCUT2D eigenvalue weighted by Gasteiger charge is 2.51. The molecule has 1 aliphatic carbocycles. The van der Waals surface area contributed by atoms with E-state index in [0.717, 1.165) is 18.4 Å². The maximum absolute atomic E-state index is 5.61. The van der Waals surface area contributed by atoms with E-state index in [0.29, 0.717) is 18.3 Å². The molecule has 2 aliphatic heterocycles. The molecule has 2 nitrogen and oxygen atoms in total. The Morgan fingerprint density at radius 3 is 2.91 bits per heavy atom. The van der Waals surface area contributed by atoms with Gasteiger partial charge in [0.15, 0.2) is 0 Å². The van der Waals surface area contributed by atoms with Gasteiger partial charge in [0.05, 0.1) is 24.9 Å². The molecule has 2 heteroatoms. The Bertz CT molecular complexity index is 180. The topological polar surface area (TPSA) is 21.8 Å². The monoisotopic (exact) mass is 154 g/mol. The van der Waals surface area contributed by atoms with E-state index in [1.54, 1.807) is 0 Å². The zero-order valence-corrected chi connectivity index (χ0v) is 6.82. The molecule has 0 spiro atoms. The summed E-state index contributed by atoms with van der Waals surface area (Å²) in [6, 6.07) is 0. The Morgan fingerprint density at radius 1 is 1.18 bits per heavy atom. The lowest BCUT2D eigenvalue weighted by molar-refractivity contribution is 0.101. The molecule has 0 amide bonds. The maximum atomic E-state index is 5.61. The molecule has 3 fully saturated rings. The molecule has 1 saturated carbocycles. The Hall–Kier alpha value is -0.0800. The van der Waals surface area contributed by atoms with Crippen molar-refractivity contribution in [1.29, 1.82) is 0 Å². The fourth-order valence-electron chi connectivity index (χ4n) is 2.69. The van der Waals surface area contributed by atoms with Gasteiger partial charge >= 0.3 is 0 Å². The Labute approximate surface area is 66.9 Å². The molecule has 2 heterocycles. The SMILES string of the molecule is CC1OCC2CC3OC3CC21. The summed E-state index contributed by atoms with van der Waals surface area (Å²) in [6.45, 7) is 3.19. The van der Waals surface area contributed by atoms with Crippen LogP contribution in [0.3, 0.4) is 0 Å². The maximum Gasteiger partial charge on any atom is 0.0845 e. The van der Waals surface area contributed by atoms with Gasteiger partial charge in [-0.05, 0) is 31.6 Å². The number of hydrogen-bond donors (Lipinski definition) is 0. The van der Waals surface area contributed by atoms with Gasteiger partial charge in [-0.25, -0.2) is 0 Å². The lowest BCUT2D eigenvalue weighted by Crippen LogP contribution is -2.26. The minimum atomic E-state index is 0.491. The summed E-state index contributed by atoms with van der Waals surface area (Å²) in [4.78, 5) is 0. The smallest absolute Gasteiger partial charge is 0.0845 e. The first-order chi connectivity index (χ1) is 5.34. The molecule has 0 bridgehead atoms. The number of fused-ring (bicyclic) bond motifs is 2. The molecule has 3 aliphatic rings. The van der Waals surface area contributed by atoms with Crippen molar-refractivity contribution in [2.45, 2.75) is 38.1 Å². The summed E-state index contributed by atoms with van der Waals surface area (Å²) >= 11 is 0. The highest BCUT2D eigenvalue weighted by atomic mass is 16.6. The quantitative estimate of drug-likeness (QED) is 0.489. The number of rotatable bonds is 0. The van der Waals surface area contributed by atoms with Crippen LogP contribution in [0, 0.1) is 11.8 Å². The second kappa shape index (κ2) is 1.99. The molecule has 5 unspecified atom stereocenters. The van der Waals surface area contributed by atoms with Crippen LogP contribution in [0.25, 0.3) is 0 Å². The Kier molecular flexibility index (Phi) is 1.16. The highest BCUT2D eigenvalue weighted by molar-refractivity contribution is 4.99. The van der Waals surface area contributed by atoms with Crippen LogP contribution in [0.1, 0.15) is 19.8 Å². The van der Waals surface area contributed by atoms with Crippen LogP contribution in [0.4, 0.5) is 0 Å². The molecule has 62 valence electrons. The summed E-state index contributed by atoms with van der Waals surface area (Å²) in [6.07, 6.45) is 4.24. The van der Waals surface area contributed by atoms with E-state index in [4.69, 9.17) is 9.47 Å². The van der Waals surface area contributed by atoms with Crippen LogP contribution in [-0.2, 0) is 9.47 Å². The third-order valence-electron chi connectivity index (χ3n) is 3.51. The van der Waals surface area contributed by atoms with E-state index < -0.39 is 0 Å². The Balaban J connectivity index is 1.79. The standard InChI is InChI=1S/C9H14O2/c1-5-7-3-9-8(11-9)2-6(7)4-10-5/h5-9H,2-4H2,1H3. The van der Waals surface area contributed by atoms with Gasteiger partial charge in [-0.2, -0.15) is 0 Å². The van der Waals surface area contributed by atoms with Gasteiger partial charge in [0.1, 0.15) is 0 Å². The van der Waals surface area contributed by atoms with Gasteiger partial charge in [0.2, 0.25) is 0 Å². The molecule has 3 rings (SSSR count). The molecule has 11 heavy (non-hydrogen) atoms. The number of ether oxygens (including phenoxy) is 2. The number of hydrogen-bond acceptors (Lipinski definition) is 2. The first-order valence-electron chi connectivity index (χ1n) is 4.61. The first-order valence-corrected chi connectivity index (χ1v) is 4.61. The van der Waals surface area contributed by atoms with E-state index in [1.807, 2.05) is 0 Å². The average molecular weight is 154 g/mol. The van der Waals surface area contributed by atoms with E-state index in [9.17, 15) is 0 Å². The van der Waals surface area contributed by atoms with Crippen molar-refractivity contribution in [1.82, 2.24) is 0 Å². The lowest BCUT2D eigenvalue weighted by atomic mass is 9.79. The second-order valence-electron chi connectivity index (χ2n) is 4.15. The van der Waals surface area contributed by atoms with E-state index in [2.05, 4.69) is 6.92 Å². The minimum Gasteiger partial charge on any atom is -0.378 e. The molecule has 0 aromatic carbocycles. The van der Waals surface area contributed by atoms with Crippen LogP contribution in [0.5, 0.6) is 0 Å². The highest BCUT2D eigenvalue weighted by Crippen LogP contribution is 2.47. The summed E-state index contributed by atoms with van der Waals surface area (Å²) < 4.78 is 11.1. The second-order valence-corrected chi connectivity index (χ2v) is 4.15. The van der Waals surface area contributed by atoms with E-state index in [1.165, 1.54) is 12.8 Å². The van der Waals surface area contributed by atoms with Gasteiger partial charge in [0.25, 0.3) is 0 Å². The average Bonchev–Trinajstić information content (AvgIpc) is 2.68. The van der Waals surface area contributed by atoms with Crippen LogP contribution in [0.15, 0.2) is 0 Å². The van der Waals surface area contributed by atoms with Crippen molar-refractivity contribution < 1.29 is 9.47 Å². The summed E-state index contributed by atoms with van der Waals surface area (Å²) in [5, 5.41) is 0. The van der Waals surface area contributed by atoms with Gasteiger partial charge in [0, 0.05) is 0 Å². The molecule has 0 radical (unpaired) electrons. The van der Waals surface area contributed by atoms with Gasteiger partial charge in [-0.1, -0.05) is 0 Å². The molecule has 5 atom stereocenters. The van der Waals surface area contributed by atoms with Crippen LogP contribution in [0.2, 0.25) is 0 Å². The van der Waals surface area contributed by atoms with Crippen molar-refractivity contribution in [2.24, 2.45) is 11.8 Å². The summed E-state index contributed by atoms with van der Waals surface area (Å²) in [5.41, 5.74) is 0. The Morgan fingerprint density at radius 2 is 2.00 bits per heavy atom. The zero-order valence-electron chi connectivity index (χ0n) is 6.82. The van der Waals surface area contributed by atoms with Gasteiger partial charge < -0.3 is 9.47 Å². The third-order valence-corrected chi connectivity index (χ3v) is 3.51. The summed E-state index contributed by atoms with van der Waals surface area (Å²) in [5.74, 6) is 1.62. The predicted octanol–water partition coefficient (Wildman–Crippen LogP) is 1.20. The van der Waals surface area contributed by atoms with Crippen molar-refractivity contribution >= 4 is 0 Å². The van der Waals surface area contributed by atoms with Crippen LogP contribution < -0.4 is 0 Å². The molecular formula is C9H14O2. The van der Waals surface area contributed by atoms with Crippen molar-refractivity contribution in [3.05, 3.63) is 0 Å². The largest absolute Gasteiger partial charge is 0.378 e. The van der Waals surface area contributed by atoms with Crippen LogP contribution in [-0.4, -0.2) is 24.9 Å². The van der Waals surface area contributed by atoms with E-state index >= 15 is 0 Å². The fraction of sp³-hybridized carbons (Fsp3) is 1.00.